The lowest BCUT2D eigenvalue weighted by Gasteiger charge is -2.27. The van der Waals surface area contributed by atoms with Gasteiger partial charge in [-0.25, -0.2) is 0 Å². The van der Waals surface area contributed by atoms with Crippen LogP contribution in [0.5, 0.6) is 5.75 Å². The summed E-state index contributed by atoms with van der Waals surface area (Å²) in [6, 6.07) is 13.6. The largest absolute Gasteiger partial charge is 0.497 e. The Morgan fingerprint density at radius 3 is 2.52 bits per heavy atom. The van der Waals surface area contributed by atoms with Gasteiger partial charge in [0.15, 0.2) is 0 Å². The topological polar surface area (TPSA) is 21.3 Å². The molecular weight excluding hydrogens is 258 g/mol. The minimum absolute atomic E-state index is 0.467. The molecule has 3 atom stereocenters. The third-order valence-corrected chi connectivity index (χ3v) is 5.10. The summed E-state index contributed by atoms with van der Waals surface area (Å²) in [7, 11) is 3.81. The summed E-state index contributed by atoms with van der Waals surface area (Å²) in [5.74, 6) is 2.49. The Hall–Kier alpha value is -1.54. The van der Waals surface area contributed by atoms with E-state index in [1.165, 1.54) is 35.6 Å². The summed E-state index contributed by atoms with van der Waals surface area (Å²) in [5.41, 5.74) is 1.41. The number of ether oxygens (including phenoxy) is 1. The molecule has 0 aromatic heterocycles. The first-order chi connectivity index (χ1) is 10.2. The molecule has 2 aromatic rings. The van der Waals surface area contributed by atoms with Crippen LogP contribution in [0.15, 0.2) is 36.4 Å². The van der Waals surface area contributed by atoms with E-state index in [0.717, 1.165) is 17.6 Å². The van der Waals surface area contributed by atoms with Crippen LogP contribution in [0, 0.1) is 11.8 Å². The summed E-state index contributed by atoms with van der Waals surface area (Å²) in [5, 5.41) is 6.09. The fraction of sp³-hybridized carbons (Fsp3) is 0.474. The molecule has 21 heavy (non-hydrogen) atoms. The van der Waals surface area contributed by atoms with Gasteiger partial charge < -0.3 is 10.1 Å². The SMILES string of the molecule is CNC(c1ccc2cc(OC)ccc2c1)C1CCCC1C. The highest BCUT2D eigenvalue weighted by Gasteiger charge is 2.30. The number of hydrogen-bond donors (Lipinski definition) is 1. The van der Waals surface area contributed by atoms with Gasteiger partial charge in [0.05, 0.1) is 7.11 Å². The Kier molecular flexibility index (Phi) is 4.16. The molecule has 1 saturated carbocycles. The van der Waals surface area contributed by atoms with Crippen molar-refractivity contribution >= 4 is 10.8 Å². The molecular formula is C19H25NO. The van der Waals surface area contributed by atoms with Gasteiger partial charge in [-0.1, -0.05) is 38.0 Å². The second kappa shape index (κ2) is 6.07. The Balaban J connectivity index is 1.95. The molecule has 1 aliphatic rings. The zero-order chi connectivity index (χ0) is 14.8. The molecule has 3 rings (SSSR count). The van der Waals surface area contributed by atoms with Crippen molar-refractivity contribution < 1.29 is 4.74 Å². The lowest BCUT2D eigenvalue weighted by molar-refractivity contribution is 0.315. The quantitative estimate of drug-likeness (QED) is 0.889. The van der Waals surface area contributed by atoms with Crippen LogP contribution in [0.2, 0.25) is 0 Å². The average molecular weight is 283 g/mol. The van der Waals surface area contributed by atoms with Gasteiger partial charge in [-0.2, -0.15) is 0 Å². The predicted octanol–water partition coefficient (Wildman–Crippen LogP) is 4.55. The van der Waals surface area contributed by atoms with E-state index in [0.29, 0.717) is 6.04 Å². The van der Waals surface area contributed by atoms with Crippen molar-refractivity contribution in [2.45, 2.75) is 32.2 Å². The van der Waals surface area contributed by atoms with E-state index in [4.69, 9.17) is 4.74 Å². The van der Waals surface area contributed by atoms with E-state index in [1.54, 1.807) is 7.11 Å². The standard InChI is InChI=1S/C19H25NO/c1-13-5-4-6-18(13)19(20-2)16-8-7-15-12-17(21-3)10-9-14(15)11-16/h7-13,18-20H,4-6H2,1-3H3. The molecule has 1 N–H and O–H groups in total. The lowest BCUT2D eigenvalue weighted by atomic mass is 9.85. The first-order valence-corrected chi connectivity index (χ1v) is 7.98. The Morgan fingerprint density at radius 2 is 1.86 bits per heavy atom. The van der Waals surface area contributed by atoms with Gasteiger partial charge in [-0.3, -0.25) is 0 Å². The summed E-state index contributed by atoms with van der Waals surface area (Å²) >= 11 is 0. The zero-order valence-corrected chi connectivity index (χ0v) is 13.2. The maximum atomic E-state index is 5.30. The van der Waals surface area contributed by atoms with Crippen molar-refractivity contribution in [3.8, 4) is 5.75 Å². The van der Waals surface area contributed by atoms with Crippen LogP contribution in [-0.2, 0) is 0 Å². The van der Waals surface area contributed by atoms with Crippen LogP contribution < -0.4 is 10.1 Å². The Bertz CT molecular complexity index is 622. The molecule has 1 fully saturated rings. The van der Waals surface area contributed by atoms with Crippen LogP contribution in [0.25, 0.3) is 10.8 Å². The van der Waals surface area contributed by atoms with Gasteiger partial charge in [0.1, 0.15) is 5.75 Å². The van der Waals surface area contributed by atoms with Gasteiger partial charge in [-0.15, -0.1) is 0 Å². The molecule has 0 amide bonds. The van der Waals surface area contributed by atoms with E-state index in [-0.39, 0.29) is 0 Å². The minimum Gasteiger partial charge on any atom is -0.497 e. The molecule has 0 heterocycles. The zero-order valence-electron chi connectivity index (χ0n) is 13.2. The third-order valence-electron chi connectivity index (χ3n) is 5.10. The summed E-state index contributed by atoms with van der Waals surface area (Å²) in [6.45, 7) is 2.40. The van der Waals surface area contributed by atoms with E-state index in [1.807, 2.05) is 6.07 Å². The van der Waals surface area contributed by atoms with Crippen molar-refractivity contribution in [2.75, 3.05) is 14.2 Å². The molecule has 0 bridgehead atoms. The number of hydrogen-bond acceptors (Lipinski definition) is 2. The number of rotatable bonds is 4. The van der Waals surface area contributed by atoms with E-state index in [2.05, 4.69) is 49.6 Å². The van der Waals surface area contributed by atoms with Gasteiger partial charge in [0.25, 0.3) is 0 Å². The van der Waals surface area contributed by atoms with Crippen molar-refractivity contribution in [3.05, 3.63) is 42.0 Å². The second-order valence-electron chi connectivity index (χ2n) is 6.31. The molecule has 2 aromatic carbocycles. The lowest BCUT2D eigenvalue weighted by Crippen LogP contribution is -2.26. The summed E-state index contributed by atoms with van der Waals surface area (Å²) in [6.07, 6.45) is 4.08. The highest BCUT2D eigenvalue weighted by atomic mass is 16.5. The number of fused-ring (bicyclic) bond motifs is 1. The molecule has 0 radical (unpaired) electrons. The summed E-state index contributed by atoms with van der Waals surface area (Å²) < 4.78 is 5.30. The highest BCUT2D eigenvalue weighted by molar-refractivity contribution is 5.84. The fourth-order valence-corrected chi connectivity index (χ4v) is 3.86. The van der Waals surface area contributed by atoms with Gasteiger partial charge >= 0.3 is 0 Å². The highest BCUT2D eigenvalue weighted by Crippen LogP contribution is 2.40. The van der Waals surface area contributed by atoms with Crippen LogP contribution in [0.4, 0.5) is 0 Å². The maximum absolute atomic E-state index is 5.30. The van der Waals surface area contributed by atoms with Gasteiger partial charge in [-0.05, 0) is 59.8 Å². The van der Waals surface area contributed by atoms with Crippen molar-refractivity contribution in [1.82, 2.24) is 5.32 Å². The molecule has 2 heteroatoms. The molecule has 3 unspecified atom stereocenters. The van der Waals surface area contributed by atoms with Crippen molar-refractivity contribution in [1.29, 1.82) is 0 Å². The normalized spacial score (nSPS) is 23.4. The number of methoxy groups -OCH3 is 1. The Morgan fingerprint density at radius 1 is 1.10 bits per heavy atom. The van der Waals surface area contributed by atoms with Crippen LogP contribution in [0.3, 0.4) is 0 Å². The Labute approximate surface area is 127 Å². The van der Waals surface area contributed by atoms with E-state index in [9.17, 15) is 0 Å². The van der Waals surface area contributed by atoms with Crippen molar-refractivity contribution in [3.63, 3.8) is 0 Å². The first kappa shape index (κ1) is 14.4. The predicted molar refractivity (Wildman–Crippen MR) is 88.8 cm³/mol. The number of nitrogens with one attached hydrogen (secondary N) is 1. The molecule has 0 saturated heterocycles. The third kappa shape index (κ3) is 2.77. The van der Waals surface area contributed by atoms with Crippen LogP contribution >= 0.6 is 0 Å². The molecule has 112 valence electrons. The average Bonchev–Trinajstić information content (AvgIpc) is 2.93. The van der Waals surface area contributed by atoms with Gasteiger partial charge in [0.2, 0.25) is 0 Å². The maximum Gasteiger partial charge on any atom is 0.119 e. The molecule has 2 nitrogen and oxygen atoms in total. The van der Waals surface area contributed by atoms with Crippen molar-refractivity contribution in [2.24, 2.45) is 11.8 Å². The monoisotopic (exact) mass is 283 g/mol. The number of benzene rings is 2. The minimum atomic E-state index is 0.467. The van der Waals surface area contributed by atoms with Crippen LogP contribution in [0.1, 0.15) is 37.8 Å². The molecule has 0 aliphatic heterocycles. The van der Waals surface area contributed by atoms with Gasteiger partial charge in [0, 0.05) is 6.04 Å². The van der Waals surface area contributed by atoms with Crippen LogP contribution in [-0.4, -0.2) is 14.2 Å². The smallest absolute Gasteiger partial charge is 0.119 e. The molecule has 1 aliphatic carbocycles. The second-order valence-corrected chi connectivity index (χ2v) is 6.31. The van der Waals surface area contributed by atoms with E-state index < -0.39 is 0 Å². The fourth-order valence-electron chi connectivity index (χ4n) is 3.86. The molecule has 0 spiro atoms. The summed E-state index contributed by atoms with van der Waals surface area (Å²) in [4.78, 5) is 0. The first-order valence-electron chi connectivity index (χ1n) is 7.98. The van der Waals surface area contributed by atoms with E-state index >= 15 is 0 Å².